The van der Waals surface area contributed by atoms with E-state index in [1.165, 1.54) is 11.8 Å². The Balaban J connectivity index is 2.03. The van der Waals surface area contributed by atoms with Crippen LogP contribution in [0.2, 0.25) is 0 Å². The van der Waals surface area contributed by atoms with Crippen molar-refractivity contribution < 1.29 is 9.59 Å². The van der Waals surface area contributed by atoms with Gasteiger partial charge in [-0.05, 0) is 24.5 Å². The van der Waals surface area contributed by atoms with Gasteiger partial charge in [-0.15, -0.1) is 0 Å². The van der Waals surface area contributed by atoms with Crippen molar-refractivity contribution >= 4 is 40.3 Å². The molecule has 2 N–H and O–H groups in total. The molecule has 0 bridgehead atoms. The Labute approximate surface area is 138 Å². The number of fused-ring (bicyclic) bond motifs is 3. The van der Waals surface area contributed by atoms with E-state index in [0.29, 0.717) is 23.3 Å². The second-order valence-corrected chi connectivity index (χ2v) is 6.90. The van der Waals surface area contributed by atoms with Gasteiger partial charge in [-0.1, -0.05) is 37.7 Å². The first-order chi connectivity index (χ1) is 11.0. The van der Waals surface area contributed by atoms with Gasteiger partial charge in [-0.2, -0.15) is 4.99 Å². The van der Waals surface area contributed by atoms with Crippen molar-refractivity contribution in [2.24, 2.45) is 21.6 Å². The zero-order valence-electron chi connectivity index (χ0n) is 13.0. The lowest BCUT2D eigenvalue weighted by molar-refractivity contribution is -0.120. The number of primary amides is 1. The maximum atomic E-state index is 12.4. The van der Waals surface area contributed by atoms with Crippen molar-refractivity contribution in [3.63, 3.8) is 0 Å². The van der Waals surface area contributed by atoms with Crippen LogP contribution in [0.4, 0.5) is 5.69 Å². The number of para-hydroxylation sites is 1. The zero-order valence-corrected chi connectivity index (χ0v) is 13.8. The molecule has 6 nitrogen and oxygen atoms in total. The Kier molecular flexibility index (Phi) is 4.21. The predicted molar refractivity (Wildman–Crippen MR) is 91.8 cm³/mol. The second kappa shape index (κ2) is 6.16. The Morgan fingerprint density at radius 1 is 1.35 bits per heavy atom. The predicted octanol–water partition coefficient (Wildman–Crippen LogP) is 1.91. The number of carbonyl (C=O) groups is 2. The van der Waals surface area contributed by atoms with Crippen LogP contribution in [0.25, 0.3) is 0 Å². The number of hydrogen-bond donors (Lipinski definition) is 1. The fraction of sp³-hybridized carbons (Fsp3) is 0.375. The van der Waals surface area contributed by atoms with Crippen LogP contribution in [-0.4, -0.2) is 39.5 Å². The van der Waals surface area contributed by atoms with Gasteiger partial charge in [0.2, 0.25) is 5.91 Å². The molecule has 2 amide bonds. The van der Waals surface area contributed by atoms with Crippen LogP contribution in [0.5, 0.6) is 0 Å². The van der Waals surface area contributed by atoms with Crippen LogP contribution in [0.3, 0.4) is 0 Å². The highest BCUT2D eigenvalue weighted by Crippen LogP contribution is 2.35. The minimum atomic E-state index is -0.416. The normalized spacial score (nSPS) is 19.3. The minimum Gasteiger partial charge on any atom is -0.369 e. The van der Waals surface area contributed by atoms with E-state index in [2.05, 4.69) is 23.8 Å². The van der Waals surface area contributed by atoms with Gasteiger partial charge in [0, 0.05) is 5.56 Å². The lowest BCUT2D eigenvalue weighted by Gasteiger charge is -2.31. The average Bonchev–Trinajstić information content (AvgIpc) is 2.81. The first-order valence-corrected chi connectivity index (χ1v) is 8.47. The average molecular weight is 330 g/mol. The first kappa shape index (κ1) is 15.7. The van der Waals surface area contributed by atoms with Crippen molar-refractivity contribution in [1.82, 2.24) is 4.90 Å². The highest BCUT2D eigenvalue weighted by molar-refractivity contribution is 8.14. The number of aliphatic imine (C=N–C) groups is 2. The van der Waals surface area contributed by atoms with Crippen LogP contribution >= 0.6 is 11.8 Å². The standard InChI is InChI=1S/C16H18N4O2S/c1-9(2)7-12-15(22)19-14-10-5-3-4-6-11(10)18-16(20(12)14)23-8-13(17)21/h3-6,9,12H,7-8H2,1-2H3,(H2,17,21). The van der Waals surface area contributed by atoms with Gasteiger partial charge in [0.15, 0.2) is 5.17 Å². The van der Waals surface area contributed by atoms with E-state index >= 15 is 0 Å². The summed E-state index contributed by atoms with van der Waals surface area (Å²) < 4.78 is 0. The van der Waals surface area contributed by atoms with Crippen LogP contribution < -0.4 is 5.73 Å². The highest BCUT2D eigenvalue weighted by Gasteiger charge is 2.41. The summed E-state index contributed by atoms with van der Waals surface area (Å²) in [7, 11) is 0. The van der Waals surface area contributed by atoms with E-state index < -0.39 is 5.91 Å². The number of thioether (sulfide) groups is 1. The Morgan fingerprint density at radius 2 is 2.09 bits per heavy atom. The molecule has 0 fully saturated rings. The number of hydrogen-bond acceptors (Lipinski definition) is 5. The number of carbonyl (C=O) groups excluding carboxylic acids is 2. The molecule has 1 aromatic carbocycles. The first-order valence-electron chi connectivity index (χ1n) is 7.48. The molecule has 0 spiro atoms. The fourth-order valence-corrected chi connectivity index (χ4v) is 3.50. The Hall–Kier alpha value is -2.15. The van der Waals surface area contributed by atoms with Gasteiger partial charge in [-0.3, -0.25) is 14.5 Å². The molecule has 2 aliphatic rings. The van der Waals surface area contributed by atoms with Crippen molar-refractivity contribution in [2.45, 2.75) is 26.3 Å². The van der Waals surface area contributed by atoms with Gasteiger partial charge in [0.1, 0.15) is 11.9 Å². The summed E-state index contributed by atoms with van der Waals surface area (Å²) in [5.41, 5.74) is 6.85. The molecule has 3 rings (SSSR count). The summed E-state index contributed by atoms with van der Waals surface area (Å²) in [5.74, 6) is 0.517. The second-order valence-electron chi connectivity index (χ2n) is 5.96. The number of nitrogens with zero attached hydrogens (tertiary/aromatic N) is 3. The molecule has 0 aliphatic carbocycles. The molecular weight excluding hydrogens is 312 g/mol. The molecule has 0 saturated carbocycles. The largest absolute Gasteiger partial charge is 0.369 e. The summed E-state index contributed by atoms with van der Waals surface area (Å²) >= 11 is 1.25. The summed E-state index contributed by atoms with van der Waals surface area (Å²) in [4.78, 5) is 34.3. The molecule has 0 radical (unpaired) electrons. The third-order valence-electron chi connectivity index (χ3n) is 3.65. The molecule has 120 valence electrons. The van der Waals surface area contributed by atoms with E-state index in [4.69, 9.17) is 5.73 Å². The maximum Gasteiger partial charge on any atom is 0.270 e. The van der Waals surface area contributed by atoms with Gasteiger partial charge < -0.3 is 5.73 Å². The van der Waals surface area contributed by atoms with Gasteiger partial charge >= 0.3 is 0 Å². The van der Waals surface area contributed by atoms with E-state index in [0.717, 1.165) is 11.3 Å². The minimum absolute atomic E-state index is 0.118. The summed E-state index contributed by atoms with van der Waals surface area (Å²) in [6.07, 6.45) is 0.685. The quantitative estimate of drug-likeness (QED) is 0.913. The van der Waals surface area contributed by atoms with Crippen molar-refractivity contribution in [3.8, 4) is 0 Å². The number of amides is 2. The molecule has 23 heavy (non-hydrogen) atoms. The highest BCUT2D eigenvalue weighted by atomic mass is 32.2. The summed E-state index contributed by atoms with van der Waals surface area (Å²) in [6, 6.07) is 7.21. The fourth-order valence-electron chi connectivity index (χ4n) is 2.71. The van der Waals surface area contributed by atoms with Crippen molar-refractivity contribution in [1.29, 1.82) is 0 Å². The van der Waals surface area contributed by atoms with E-state index in [1.54, 1.807) is 0 Å². The third kappa shape index (κ3) is 3.01. The molecule has 1 unspecified atom stereocenters. The van der Waals surface area contributed by atoms with Crippen LogP contribution in [0.15, 0.2) is 34.3 Å². The van der Waals surface area contributed by atoms with Crippen molar-refractivity contribution in [3.05, 3.63) is 29.8 Å². The SMILES string of the molecule is CC(C)CC1C(=O)N=C2c3ccccc3N=C(SCC(N)=O)N21. The molecule has 1 atom stereocenters. The molecule has 0 aromatic heterocycles. The van der Waals surface area contributed by atoms with Crippen LogP contribution in [0, 0.1) is 5.92 Å². The van der Waals surface area contributed by atoms with E-state index in [1.807, 2.05) is 29.2 Å². The zero-order chi connectivity index (χ0) is 16.6. The monoisotopic (exact) mass is 330 g/mol. The lowest BCUT2D eigenvalue weighted by Crippen LogP contribution is -2.44. The van der Waals surface area contributed by atoms with Gasteiger partial charge in [0.05, 0.1) is 11.4 Å². The third-order valence-corrected chi connectivity index (χ3v) is 4.62. The molecule has 2 heterocycles. The van der Waals surface area contributed by atoms with E-state index in [9.17, 15) is 9.59 Å². The van der Waals surface area contributed by atoms with Crippen molar-refractivity contribution in [2.75, 3.05) is 5.75 Å². The van der Waals surface area contributed by atoms with Gasteiger partial charge in [0.25, 0.3) is 5.91 Å². The molecular formula is C16H18N4O2S. The number of nitrogens with two attached hydrogens (primary N) is 1. The number of rotatable bonds is 4. The van der Waals surface area contributed by atoms with Gasteiger partial charge in [-0.25, -0.2) is 4.99 Å². The summed E-state index contributed by atoms with van der Waals surface area (Å²) in [5, 5.41) is 0.609. The molecule has 7 heteroatoms. The van der Waals surface area contributed by atoms with E-state index in [-0.39, 0.29) is 17.7 Å². The topological polar surface area (TPSA) is 88.1 Å². The lowest BCUT2D eigenvalue weighted by atomic mass is 10.0. The molecule has 0 saturated heterocycles. The van der Waals surface area contributed by atoms with Crippen LogP contribution in [0.1, 0.15) is 25.8 Å². The van der Waals surface area contributed by atoms with Crippen LogP contribution in [-0.2, 0) is 9.59 Å². The number of amidine groups is 2. The maximum absolute atomic E-state index is 12.4. The Morgan fingerprint density at radius 3 is 2.78 bits per heavy atom. The Bertz CT molecular complexity index is 727. The summed E-state index contributed by atoms with van der Waals surface area (Å²) in [6.45, 7) is 4.13. The molecule has 1 aromatic rings. The number of benzene rings is 1. The molecule has 2 aliphatic heterocycles. The smallest absolute Gasteiger partial charge is 0.270 e.